The summed E-state index contributed by atoms with van der Waals surface area (Å²) in [5.74, 6) is -1.58. The first-order chi connectivity index (χ1) is 16.0. The number of aliphatic hydroxyl groups is 1. The van der Waals surface area contributed by atoms with E-state index in [0.717, 1.165) is 29.3 Å². The van der Waals surface area contributed by atoms with Gasteiger partial charge in [-0.25, -0.2) is 14.8 Å². The number of hydroxylamine groups is 2. The van der Waals surface area contributed by atoms with Crippen LogP contribution >= 0.6 is 0 Å². The molecule has 6 atom stereocenters. The van der Waals surface area contributed by atoms with Gasteiger partial charge in [0.25, 0.3) is 0 Å². The number of rotatable bonds is 5. The highest BCUT2D eigenvalue weighted by Gasteiger charge is 2.71. The van der Waals surface area contributed by atoms with E-state index in [1.165, 1.54) is 0 Å². The molecule has 4 rings (SSSR count). The number of hydrogen-bond donors (Lipinski definition) is 4. The Balaban J connectivity index is 1.70. The third kappa shape index (κ3) is 3.36. The zero-order valence-corrected chi connectivity index (χ0v) is 18.6. The Hall–Kier alpha value is -3.06. The maximum Gasteiger partial charge on any atom is 0.416 e. The summed E-state index contributed by atoms with van der Waals surface area (Å²) in [5, 5.41) is 21.7. The Kier molecular flexibility index (Phi) is 5.88. The summed E-state index contributed by atoms with van der Waals surface area (Å²) in [4.78, 5) is 23.3. The van der Waals surface area contributed by atoms with Crippen molar-refractivity contribution in [2.24, 2.45) is 27.4 Å². The normalized spacial score (nSPS) is 32.7. The van der Waals surface area contributed by atoms with Crippen LogP contribution in [-0.2, 0) is 10.9 Å². The molecule has 10 nitrogen and oxygen atoms in total. The van der Waals surface area contributed by atoms with Crippen LogP contribution < -0.4 is 11.5 Å². The molecule has 1 fully saturated rings. The van der Waals surface area contributed by atoms with Gasteiger partial charge >= 0.3 is 12.1 Å². The van der Waals surface area contributed by atoms with E-state index in [4.69, 9.17) is 16.2 Å². The first-order valence-corrected chi connectivity index (χ1v) is 10.9. The summed E-state index contributed by atoms with van der Waals surface area (Å²) < 4.78 is 44.5. The van der Waals surface area contributed by atoms with Gasteiger partial charge in [0.15, 0.2) is 11.6 Å². The van der Waals surface area contributed by atoms with Crippen LogP contribution in [-0.4, -0.2) is 74.7 Å². The van der Waals surface area contributed by atoms with Crippen molar-refractivity contribution in [3.05, 3.63) is 35.4 Å². The van der Waals surface area contributed by atoms with Crippen molar-refractivity contribution >= 4 is 17.9 Å². The smallest absolute Gasteiger partial charge is 0.416 e. The van der Waals surface area contributed by atoms with Crippen LogP contribution in [0, 0.1) is 5.92 Å². The fourth-order valence-corrected chi connectivity index (χ4v) is 5.44. The van der Waals surface area contributed by atoms with Crippen LogP contribution in [0.2, 0.25) is 0 Å². The molecule has 34 heavy (non-hydrogen) atoms. The van der Waals surface area contributed by atoms with Crippen molar-refractivity contribution < 1.29 is 33.0 Å². The molecule has 3 heterocycles. The van der Waals surface area contributed by atoms with Gasteiger partial charge in [-0.05, 0) is 30.7 Å². The molecular weight excluding hydrogens is 457 g/mol. The lowest BCUT2D eigenvalue weighted by atomic mass is 9.82. The number of carbonyl (C=O) groups excluding carboxylic acids is 1. The highest BCUT2D eigenvalue weighted by molar-refractivity contribution is 5.90. The van der Waals surface area contributed by atoms with Crippen LogP contribution in [0.4, 0.5) is 13.2 Å². The molecule has 6 N–H and O–H groups in total. The maximum atomic E-state index is 12.9. The monoisotopic (exact) mass is 484 g/mol. The molecular formula is C21H27F3N6O4. The lowest BCUT2D eigenvalue weighted by Gasteiger charge is -2.50. The molecule has 1 saturated heterocycles. The van der Waals surface area contributed by atoms with Crippen LogP contribution in [0.3, 0.4) is 0 Å². The molecule has 3 aliphatic rings. The van der Waals surface area contributed by atoms with Crippen LogP contribution in [0.25, 0.3) is 0 Å². The van der Waals surface area contributed by atoms with E-state index in [1.54, 1.807) is 11.8 Å². The van der Waals surface area contributed by atoms with E-state index in [0.29, 0.717) is 12.8 Å². The van der Waals surface area contributed by atoms with Gasteiger partial charge in [-0.15, -0.1) is 0 Å². The van der Waals surface area contributed by atoms with Gasteiger partial charge in [-0.1, -0.05) is 20.3 Å². The Morgan fingerprint density at radius 3 is 2.41 bits per heavy atom. The minimum Gasteiger partial charge on any atom is -0.456 e. The molecule has 1 aromatic carbocycles. The molecule has 13 heteroatoms. The molecule has 0 radical (unpaired) electrons. The summed E-state index contributed by atoms with van der Waals surface area (Å²) in [7, 11) is 0. The largest absolute Gasteiger partial charge is 0.456 e. The van der Waals surface area contributed by atoms with E-state index >= 15 is 0 Å². The summed E-state index contributed by atoms with van der Waals surface area (Å²) >= 11 is 0. The topological polar surface area (TPSA) is 150 Å². The Bertz CT molecular complexity index is 1020. The molecule has 0 saturated carbocycles. The molecule has 1 spiro atoms. The summed E-state index contributed by atoms with van der Waals surface area (Å²) in [6.07, 6.45) is -4.20. The number of aliphatic hydroxyl groups excluding tert-OH is 1. The van der Waals surface area contributed by atoms with E-state index in [9.17, 15) is 28.3 Å². The van der Waals surface area contributed by atoms with Crippen molar-refractivity contribution in [1.29, 1.82) is 0 Å². The Labute approximate surface area is 193 Å². The quantitative estimate of drug-likeness (QED) is 0.454. The lowest BCUT2D eigenvalue weighted by molar-refractivity contribution is -0.173. The molecule has 0 bridgehead atoms. The Morgan fingerprint density at radius 1 is 1.21 bits per heavy atom. The predicted octanol–water partition coefficient (Wildman–Crippen LogP) is 1.12. The number of nitrogens with two attached hydrogens (primary N) is 2. The first-order valence-electron chi connectivity index (χ1n) is 10.9. The van der Waals surface area contributed by atoms with Crippen LogP contribution in [0.5, 0.6) is 0 Å². The molecule has 0 amide bonds. The fraction of sp³-hybridized carbons (Fsp3) is 0.571. The van der Waals surface area contributed by atoms with E-state index < -0.39 is 60.1 Å². The molecule has 6 unspecified atom stereocenters. The van der Waals surface area contributed by atoms with Crippen molar-refractivity contribution in [3.63, 3.8) is 0 Å². The molecule has 0 aromatic heterocycles. The van der Waals surface area contributed by atoms with Gasteiger partial charge in [-0.3, -0.25) is 5.21 Å². The summed E-state index contributed by atoms with van der Waals surface area (Å²) in [5.41, 5.74) is 9.94. The standard InChI is InChI=1S/C21H27F3N6O4/c1-3-4-14-15(34-17(32)11-5-7-12(8-6-11)21(22,23)24)10(2)20-16(28-19(26)30(20)33)13(9-31)27-18(25)29(14)20/h5-8,10,13-16,31,33H,3-4,9H2,1-2H3,(H2,25,27)(H2,26,28). The van der Waals surface area contributed by atoms with Crippen molar-refractivity contribution in [2.75, 3.05) is 6.61 Å². The van der Waals surface area contributed by atoms with Crippen molar-refractivity contribution in [3.8, 4) is 0 Å². The second kappa shape index (κ2) is 8.31. The average molecular weight is 484 g/mol. The third-order valence-electron chi connectivity index (χ3n) is 6.89. The fourth-order valence-electron chi connectivity index (χ4n) is 5.44. The number of alkyl halides is 3. The van der Waals surface area contributed by atoms with Crippen molar-refractivity contribution in [1.82, 2.24) is 9.96 Å². The summed E-state index contributed by atoms with van der Waals surface area (Å²) in [6, 6.07) is 1.64. The van der Waals surface area contributed by atoms with E-state index in [2.05, 4.69) is 9.98 Å². The van der Waals surface area contributed by atoms with Crippen molar-refractivity contribution in [2.45, 2.75) is 62.8 Å². The van der Waals surface area contributed by atoms with Gasteiger partial charge in [0, 0.05) is 5.92 Å². The van der Waals surface area contributed by atoms with Gasteiger partial charge in [0.05, 0.1) is 23.8 Å². The number of nitrogens with zero attached hydrogens (tertiary/aromatic N) is 4. The number of benzene rings is 1. The number of aliphatic imine (C=N–C) groups is 2. The predicted molar refractivity (Wildman–Crippen MR) is 115 cm³/mol. The van der Waals surface area contributed by atoms with Gasteiger partial charge in [-0.2, -0.15) is 18.2 Å². The van der Waals surface area contributed by atoms with Gasteiger partial charge in [0.2, 0.25) is 5.96 Å². The van der Waals surface area contributed by atoms with Gasteiger partial charge in [0.1, 0.15) is 18.2 Å². The van der Waals surface area contributed by atoms with E-state index in [-0.39, 0.29) is 17.5 Å². The summed E-state index contributed by atoms with van der Waals surface area (Å²) in [6.45, 7) is 3.27. The lowest BCUT2D eigenvalue weighted by Crippen LogP contribution is -2.72. The molecule has 1 aromatic rings. The number of hydrogen-bond acceptors (Lipinski definition) is 10. The highest BCUT2D eigenvalue weighted by Crippen LogP contribution is 2.51. The van der Waals surface area contributed by atoms with E-state index in [1.807, 2.05) is 6.92 Å². The van der Waals surface area contributed by atoms with Crippen LogP contribution in [0.15, 0.2) is 34.3 Å². The Morgan fingerprint density at radius 2 is 1.85 bits per heavy atom. The number of ether oxygens (including phenoxy) is 1. The third-order valence-corrected chi connectivity index (χ3v) is 6.89. The SMILES string of the molecule is CCCC1C(OC(=O)c2ccc(C(F)(F)F)cc2)C(C)C23C(N=C(N)N2O)C(CO)N=C(N)N13. The minimum absolute atomic E-state index is 0.0395. The zero-order chi connectivity index (χ0) is 25.0. The van der Waals surface area contributed by atoms with Crippen LogP contribution in [0.1, 0.15) is 42.6 Å². The molecule has 0 aliphatic carbocycles. The number of guanidine groups is 2. The number of esters is 1. The second-order valence-electron chi connectivity index (χ2n) is 8.72. The first kappa shape index (κ1) is 24.1. The number of halogens is 3. The minimum atomic E-state index is -4.53. The number of carbonyl (C=O) groups is 1. The second-order valence-corrected chi connectivity index (χ2v) is 8.72. The zero-order valence-electron chi connectivity index (χ0n) is 18.6. The van der Waals surface area contributed by atoms with Gasteiger partial charge < -0.3 is 26.2 Å². The highest BCUT2D eigenvalue weighted by atomic mass is 19.4. The maximum absolute atomic E-state index is 12.9. The average Bonchev–Trinajstić information content (AvgIpc) is 3.19. The molecule has 186 valence electrons. The molecule has 3 aliphatic heterocycles.